The molecule has 2 aromatic carbocycles. The molecule has 2 N–H and O–H groups in total. The Morgan fingerprint density at radius 1 is 1.21 bits per heavy atom. The third-order valence-corrected chi connectivity index (χ3v) is 5.50. The summed E-state index contributed by atoms with van der Waals surface area (Å²) >= 11 is 6.21. The lowest BCUT2D eigenvalue weighted by Gasteiger charge is -2.26. The van der Waals surface area contributed by atoms with Crippen LogP contribution in [0.4, 0.5) is 0 Å². The first-order chi connectivity index (χ1) is 13.5. The van der Waals surface area contributed by atoms with Gasteiger partial charge in [0.2, 0.25) is 0 Å². The predicted molar refractivity (Wildman–Crippen MR) is 111 cm³/mol. The van der Waals surface area contributed by atoms with E-state index in [9.17, 15) is 4.79 Å². The van der Waals surface area contributed by atoms with Crippen LogP contribution in [0.3, 0.4) is 0 Å². The van der Waals surface area contributed by atoms with Crippen molar-refractivity contribution < 1.29 is 9.53 Å². The van der Waals surface area contributed by atoms with Gasteiger partial charge in [0.05, 0.1) is 23.7 Å². The minimum Gasteiger partial charge on any atom is -0.496 e. The van der Waals surface area contributed by atoms with E-state index in [1.54, 1.807) is 19.2 Å². The highest BCUT2D eigenvalue weighted by Crippen LogP contribution is 2.32. The van der Waals surface area contributed by atoms with Crippen LogP contribution in [0.15, 0.2) is 30.3 Å². The Morgan fingerprint density at radius 3 is 2.75 bits per heavy atom. The Labute approximate surface area is 168 Å². The first-order valence-electron chi connectivity index (χ1n) is 9.45. The van der Waals surface area contributed by atoms with Gasteiger partial charge < -0.3 is 9.72 Å². The molecule has 0 spiro atoms. The molecule has 0 bridgehead atoms. The molecule has 2 heterocycles. The minimum absolute atomic E-state index is 0.126. The summed E-state index contributed by atoms with van der Waals surface area (Å²) in [4.78, 5) is 20.5. The largest absolute Gasteiger partial charge is 0.496 e. The smallest absolute Gasteiger partial charge is 0.265 e. The highest BCUT2D eigenvalue weighted by atomic mass is 35.5. The zero-order valence-electron chi connectivity index (χ0n) is 16.0. The summed E-state index contributed by atoms with van der Waals surface area (Å²) in [7, 11) is 1.59. The van der Waals surface area contributed by atoms with Gasteiger partial charge in [-0.25, -0.2) is 9.99 Å². The van der Waals surface area contributed by atoms with Gasteiger partial charge in [-0.2, -0.15) is 0 Å². The van der Waals surface area contributed by atoms with Crippen LogP contribution in [0, 0.1) is 6.92 Å². The highest BCUT2D eigenvalue weighted by Gasteiger charge is 2.17. The second-order valence-electron chi connectivity index (χ2n) is 7.11. The maximum atomic E-state index is 12.6. The van der Waals surface area contributed by atoms with Crippen molar-refractivity contribution >= 4 is 28.5 Å². The molecule has 28 heavy (non-hydrogen) atoms. The molecule has 1 saturated heterocycles. The monoisotopic (exact) mass is 398 g/mol. The summed E-state index contributed by atoms with van der Waals surface area (Å²) in [5.41, 5.74) is 7.02. The molecule has 0 atom stereocenters. The molecule has 1 fully saturated rings. The fourth-order valence-electron chi connectivity index (χ4n) is 3.51. The molecular weight excluding hydrogens is 376 g/mol. The summed E-state index contributed by atoms with van der Waals surface area (Å²) in [6.07, 6.45) is 3.44. The van der Waals surface area contributed by atoms with E-state index in [-0.39, 0.29) is 5.91 Å². The van der Waals surface area contributed by atoms with Crippen LogP contribution in [-0.2, 0) is 0 Å². The number of carbonyl (C=O) groups is 1. The van der Waals surface area contributed by atoms with Crippen molar-refractivity contribution in [2.45, 2.75) is 26.2 Å². The number of benzene rings is 2. The number of nitrogens with one attached hydrogen (secondary N) is 2. The van der Waals surface area contributed by atoms with Crippen LogP contribution in [0.5, 0.6) is 5.75 Å². The van der Waals surface area contributed by atoms with Crippen molar-refractivity contribution in [1.29, 1.82) is 0 Å². The highest BCUT2D eigenvalue weighted by molar-refractivity contribution is 6.32. The van der Waals surface area contributed by atoms with Crippen LogP contribution in [0.2, 0.25) is 5.02 Å². The van der Waals surface area contributed by atoms with Crippen LogP contribution in [0.1, 0.15) is 35.2 Å². The number of hydrogen-bond acceptors (Lipinski definition) is 4. The third-order valence-electron chi connectivity index (χ3n) is 5.10. The Balaban J connectivity index is 1.62. The molecule has 0 unspecified atom stereocenters. The Bertz CT molecular complexity index is 986. The summed E-state index contributed by atoms with van der Waals surface area (Å²) in [6.45, 7) is 3.74. The van der Waals surface area contributed by atoms with Gasteiger partial charge in [-0.15, -0.1) is 0 Å². The molecule has 7 heteroatoms. The number of aromatic amines is 1. The molecule has 1 aromatic heterocycles. The number of ether oxygens (including phenoxy) is 1. The number of H-pyrrole nitrogens is 1. The van der Waals surface area contributed by atoms with Crippen molar-refractivity contribution in [2.24, 2.45) is 0 Å². The fraction of sp³-hybridized carbons (Fsp3) is 0.333. The number of hydrogen-bond donors (Lipinski definition) is 2. The Kier molecular flexibility index (Phi) is 5.24. The molecule has 1 aliphatic heterocycles. The van der Waals surface area contributed by atoms with Gasteiger partial charge in [0.1, 0.15) is 11.6 Å². The van der Waals surface area contributed by atoms with E-state index in [2.05, 4.69) is 15.4 Å². The van der Waals surface area contributed by atoms with Gasteiger partial charge in [0, 0.05) is 23.7 Å². The molecule has 4 rings (SSSR count). The molecule has 1 amide bonds. The van der Waals surface area contributed by atoms with E-state index >= 15 is 0 Å². The van der Waals surface area contributed by atoms with E-state index < -0.39 is 0 Å². The van der Waals surface area contributed by atoms with Crippen LogP contribution in [-0.4, -0.2) is 41.1 Å². The quantitative estimate of drug-likeness (QED) is 0.686. The second kappa shape index (κ2) is 7.81. The molecule has 6 nitrogen and oxygen atoms in total. The number of nitrogens with zero attached hydrogens (tertiary/aromatic N) is 2. The summed E-state index contributed by atoms with van der Waals surface area (Å²) in [6, 6.07) is 9.22. The van der Waals surface area contributed by atoms with E-state index in [0.717, 1.165) is 48.1 Å². The van der Waals surface area contributed by atoms with Crippen LogP contribution in [0.25, 0.3) is 22.4 Å². The van der Waals surface area contributed by atoms with E-state index in [4.69, 9.17) is 16.3 Å². The maximum absolute atomic E-state index is 12.6. The van der Waals surface area contributed by atoms with Gasteiger partial charge in [-0.05, 0) is 55.7 Å². The number of imidazole rings is 1. The molecule has 146 valence electrons. The van der Waals surface area contributed by atoms with Crippen molar-refractivity contribution in [1.82, 2.24) is 20.4 Å². The number of piperidine rings is 1. The Morgan fingerprint density at radius 2 is 2.00 bits per heavy atom. The topological polar surface area (TPSA) is 70.2 Å². The van der Waals surface area contributed by atoms with Crippen molar-refractivity contribution in [3.05, 3.63) is 46.5 Å². The van der Waals surface area contributed by atoms with E-state index in [1.807, 2.05) is 30.1 Å². The van der Waals surface area contributed by atoms with Gasteiger partial charge in [-0.1, -0.05) is 18.0 Å². The predicted octanol–water partition coefficient (Wildman–Crippen LogP) is 4.33. The Hall–Kier alpha value is -2.57. The van der Waals surface area contributed by atoms with Gasteiger partial charge in [0.15, 0.2) is 0 Å². The second-order valence-corrected chi connectivity index (χ2v) is 7.51. The lowest BCUT2D eigenvalue weighted by Crippen LogP contribution is -2.45. The number of fused-ring (bicyclic) bond motifs is 1. The summed E-state index contributed by atoms with van der Waals surface area (Å²) < 4.78 is 5.54. The number of amides is 1. The van der Waals surface area contributed by atoms with Crippen LogP contribution < -0.4 is 10.2 Å². The fourth-order valence-corrected chi connectivity index (χ4v) is 3.67. The number of aromatic nitrogens is 2. The maximum Gasteiger partial charge on any atom is 0.265 e. The van der Waals surface area contributed by atoms with E-state index in [1.165, 1.54) is 6.42 Å². The van der Waals surface area contributed by atoms with Crippen LogP contribution >= 0.6 is 11.6 Å². The third kappa shape index (κ3) is 3.70. The minimum atomic E-state index is -0.126. The number of halogens is 1. The average molecular weight is 399 g/mol. The number of methoxy groups -OCH3 is 1. The zero-order chi connectivity index (χ0) is 19.7. The SMILES string of the molecule is COc1cc(C(=O)NN2CCCCC2)ccc1-c1nc2cc(Cl)c(C)cc2[nH]1. The van der Waals surface area contributed by atoms with Gasteiger partial charge >= 0.3 is 0 Å². The first kappa shape index (κ1) is 18.8. The van der Waals surface area contributed by atoms with Crippen molar-refractivity contribution in [3.8, 4) is 17.1 Å². The van der Waals surface area contributed by atoms with E-state index in [0.29, 0.717) is 22.2 Å². The molecule has 0 radical (unpaired) electrons. The molecule has 0 saturated carbocycles. The average Bonchev–Trinajstić information content (AvgIpc) is 3.11. The van der Waals surface area contributed by atoms with Gasteiger partial charge in [-0.3, -0.25) is 10.2 Å². The molecular formula is C21H23ClN4O2. The van der Waals surface area contributed by atoms with Gasteiger partial charge in [0.25, 0.3) is 5.91 Å². The number of rotatable bonds is 4. The number of hydrazine groups is 1. The van der Waals surface area contributed by atoms with Crippen molar-refractivity contribution in [2.75, 3.05) is 20.2 Å². The molecule has 3 aromatic rings. The molecule has 1 aliphatic rings. The standard InChI is InChI=1S/C21H23ClN4O2/c1-13-10-17-18(12-16(13)22)24-20(23-17)15-7-6-14(11-19(15)28-2)21(27)25-26-8-4-3-5-9-26/h6-7,10-12H,3-5,8-9H2,1-2H3,(H,23,24)(H,25,27). The first-order valence-corrected chi connectivity index (χ1v) is 9.83. The summed E-state index contributed by atoms with van der Waals surface area (Å²) in [5, 5.41) is 2.67. The zero-order valence-corrected chi connectivity index (χ0v) is 16.8. The number of aryl methyl sites for hydroxylation is 1. The van der Waals surface area contributed by atoms with Crippen molar-refractivity contribution in [3.63, 3.8) is 0 Å². The summed E-state index contributed by atoms with van der Waals surface area (Å²) in [5.74, 6) is 1.14. The number of carbonyl (C=O) groups excluding carboxylic acids is 1. The lowest BCUT2D eigenvalue weighted by molar-refractivity contribution is 0.0750. The lowest BCUT2D eigenvalue weighted by atomic mass is 10.1. The normalized spacial score (nSPS) is 15.0. The molecule has 0 aliphatic carbocycles.